The first kappa shape index (κ1) is 21.5. The molecule has 0 spiro atoms. The van der Waals surface area contributed by atoms with Crippen LogP contribution in [0.4, 0.5) is 0 Å². The topological polar surface area (TPSA) is 28.2 Å². The molecule has 2 heterocycles. The second-order valence-electron chi connectivity index (χ2n) is 5.84. The Balaban J connectivity index is 0.000000322. The zero-order valence-corrected chi connectivity index (χ0v) is 17.3. The van der Waals surface area contributed by atoms with E-state index in [1.807, 2.05) is 6.20 Å². The number of hydrogen-bond acceptors (Lipinski definition) is 0. The first-order valence-electron chi connectivity index (χ1n) is 7.51. The number of piperidine rings is 1. The summed E-state index contributed by atoms with van der Waals surface area (Å²) in [5.74, 6) is 2.49. The molecule has 0 radical (unpaired) electrons. The molecule has 2 aliphatic heterocycles. The van der Waals surface area contributed by atoms with E-state index in [4.69, 9.17) is 18.8 Å². The molecule has 1 fully saturated rings. The Morgan fingerprint density at radius 3 is 2.00 bits per heavy atom. The van der Waals surface area contributed by atoms with Crippen molar-refractivity contribution >= 4 is 18.8 Å². The van der Waals surface area contributed by atoms with Crippen LogP contribution in [-0.2, 0) is 16.5 Å². The fourth-order valence-corrected chi connectivity index (χ4v) is 2.29. The summed E-state index contributed by atoms with van der Waals surface area (Å²) >= 11 is -0.472. The molecule has 21 heavy (non-hydrogen) atoms. The standard InChI is InChI=1S/C8H16N.C8H12N.2ClH.Pt/c2*1-7(2)8-3-5-9-6-4-8;;;/h7-8H,3-6H2,1-2H3;3-5,7H,6H2,1-2H3;2*1H;/q2*-1;;;+4/p-2. The minimum absolute atomic E-state index is 0.472. The van der Waals surface area contributed by atoms with Gasteiger partial charge in [-0.15, -0.1) is 19.6 Å². The van der Waals surface area contributed by atoms with E-state index in [-0.39, 0.29) is 0 Å². The van der Waals surface area contributed by atoms with Crippen LogP contribution in [-0.4, -0.2) is 19.6 Å². The van der Waals surface area contributed by atoms with E-state index >= 15 is 0 Å². The second kappa shape index (κ2) is 14.1. The molecule has 0 saturated carbocycles. The first-order chi connectivity index (χ1) is 10.0. The van der Waals surface area contributed by atoms with Crippen molar-refractivity contribution in [1.82, 2.24) is 0 Å². The Morgan fingerprint density at radius 1 is 1.14 bits per heavy atom. The van der Waals surface area contributed by atoms with E-state index in [1.54, 1.807) is 0 Å². The number of rotatable bonds is 2. The van der Waals surface area contributed by atoms with Crippen molar-refractivity contribution in [1.29, 1.82) is 0 Å². The summed E-state index contributed by atoms with van der Waals surface area (Å²) in [6.45, 7) is 12.1. The fourth-order valence-electron chi connectivity index (χ4n) is 2.29. The van der Waals surface area contributed by atoms with E-state index in [0.29, 0.717) is 5.92 Å². The summed E-state index contributed by atoms with van der Waals surface area (Å²) < 4.78 is 0. The van der Waals surface area contributed by atoms with E-state index < -0.39 is 16.5 Å². The molecule has 2 rings (SSSR count). The molecule has 0 unspecified atom stereocenters. The predicted octanol–water partition coefficient (Wildman–Crippen LogP) is 6.27. The maximum atomic E-state index is 4.88. The summed E-state index contributed by atoms with van der Waals surface area (Å²) in [5, 5.41) is 8.36. The quantitative estimate of drug-likeness (QED) is 0.416. The monoisotopic (exact) mass is 513 g/mol. The molecular formula is C16H28Cl2N2Pt. The average Bonchev–Trinajstić information content (AvgIpc) is 2.50. The minimum atomic E-state index is -0.472. The van der Waals surface area contributed by atoms with Crippen LogP contribution >= 0.6 is 18.8 Å². The number of halogens is 2. The van der Waals surface area contributed by atoms with Crippen molar-refractivity contribution in [2.75, 3.05) is 19.6 Å². The predicted molar refractivity (Wildman–Crippen MR) is 92.6 cm³/mol. The van der Waals surface area contributed by atoms with Gasteiger partial charge >= 0.3 is 35.3 Å². The molecule has 0 atom stereocenters. The van der Waals surface area contributed by atoms with Crippen molar-refractivity contribution < 1.29 is 16.5 Å². The van der Waals surface area contributed by atoms with Crippen LogP contribution in [0.1, 0.15) is 40.5 Å². The summed E-state index contributed by atoms with van der Waals surface area (Å²) in [4.78, 5) is 0. The van der Waals surface area contributed by atoms with Gasteiger partial charge in [-0.05, 0) is 17.8 Å². The summed E-state index contributed by atoms with van der Waals surface area (Å²) in [7, 11) is 9.75. The van der Waals surface area contributed by atoms with Gasteiger partial charge in [0.05, 0.1) is 0 Å². The van der Waals surface area contributed by atoms with Gasteiger partial charge < -0.3 is 10.6 Å². The molecule has 2 aliphatic rings. The van der Waals surface area contributed by atoms with Gasteiger partial charge in [0.2, 0.25) is 0 Å². The van der Waals surface area contributed by atoms with Crippen molar-refractivity contribution in [2.24, 2.45) is 17.8 Å². The molecule has 0 aliphatic carbocycles. The average molecular weight is 514 g/mol. The second-order valence-corrected chi connectivity index (χ2v) is 9.12. The number of nitrogens with zero attached hydrogens (tertiary/aromatic N) is 2. The molecule has 0 aromatic rings. The SMILES string of the molecule is CC(C)C1=CC[N-]C=C1.CC(C)C1CC[N-]CC1.[Cl][Pt+2][Cl]. The third-order valence-electron chi connectivity index (χ3n) is 3.73. The van der Waals surface area contributed by atoms with Gasteiger partial charge in [-0.3, -0.25) is 0 Å². The van der Waals surface area contributed by atoms with Crippen LogP contribution in [0.25, 0.3) is 10.6 Å². The molecule has 5 heteroatoms. The van der Waals surface area contributed by atoms with Gasteiger partial charge in [-0.1, -0.05) is 58.3 Å². The van der Waals surface area contributed by atoms with E-state index in [0.717, 1.165) is 31.5 Å². The summed E-state index contributed by atoms with van der Waals surface area (Å²) in [6, 6.07) is 0. The maximum absolute atomic E-state index is 4.88. The first-order valence-corrected chi connectivity index (χ1v) is 13.1. The summed E-state index contributed by atoms with van der Waals surface area (Å²) in [5.41, 5.74) is 1.41. The van der Waals surface area contributed by atoms with Crippen LogP contribution in [0.5, 0.6) is 0 Å². The fraction of sp³-hybridized carbons (Fsp3) is 0.750. The van der Waals surface area contributed by atoms with Gasteiger partial charge in [0.25, 0.3) is 0 Å². The molecule has 0 bridgehead atoms. The van der Waals surface area contributed by atoms with E-state index in [9.17, 15) is 0 Å². The van der Waals surface area contributed by atoms with E-state index in [1.165, 1.54) is 18.4 Å². The van der Waals surface area contributed by atoms with Gasteiger partial charge in [0.15, 0.2) is 0 Å². The van der Waals surface area contributed by atoms with Crippen LogP contribution in [0.3, 0.4) is 0 Å². The Morgan fingerprint density at radius 2 is 1.71 bits per heavy atom. The van der Waals surface area contributed by atoms with Gasteiger partial charge in [0.1, 0.15) is 0 Å². The Hall–Kier alpha value is 0.508. The van der Waals surface area contributed by atoms with Crippen LogP contribution in [0, 0.1) is 17.8 Å². The molecule has 0 amide bonds. The van der Waals surface area contributed by atoms with Crippen LogP contribution in [0.15, 0.2) is 23.9 Å². The zero-order chi connectivity index (χ0) is 16.1. The Kier molecular flexibility index (Phi) is 14.5. The van der Waals surface area contributed by atoms with E-state index in [2.05, 4.69) is 50.5 Å². The molecule has 1 saturated heterocycles. The zero-order valence-electron chi connectivity index (χ0n) is 13.5. The Bertz CT molecular complexity index is 299. The Labute approximate surface area is 147 Å². The molecule has 0 N–H and O–H groups in total. The van der Waals surface area contributed by atoms with Gasteiger partial charge in [-0.25, -0.2) is 0 Å². The van der Waals surface area contributed by atoms with Crippen molar-refractivity contribution in [2.45, 2.75) is 40.5 Å². The van der Waals surface area contributed by atoms with Crippen molar-refractivity contribution in [3.63, 3.8) is 0 Å². The van der Waals surface area contributed by atoms with Crippen molar-refractivity contribution in [3.8, 4) is 0 Å². The molecular weight excluding hydrogens is 486 g/mol. The third kappa shape index (κ3) is 11.7. The molecule has 0 aromatic carbocycles. The summed E-state index contributed by atoms with van der Waals surface area (Å²) in [6.07, 6.45) is 8.80. The molecule has 126 valence electrons. The van der Waals surface area contributed by atoms with Gasteiger partial charge in [-0.2, -0.15) is 6.20 Å². The van der Waals surface area contributed by atoms with Gasteiger partial charge in [0, 0.05) is 0 Å². The van der Waals surface area contributed by atoms with Crippen LogP contribution in [0.2, 0.25) is 0 Å². The normalized spacial score (nSPS) is 18.4. The molecule has 2 nitrogen and oxygen atoms in total. The van der Waals surface area contributed by atoms with Crippen LogP contribution < -0.4 is 0 Å². The number of hydrogen-bond donors (Lipinski definition) is 0. The number of allylic oxidation sites excluding steroid dienone is 2. The third-order valence-corrected chi connectivity index (χ3v) is 3.73. The molecule has 0 aromatic heterocycles. The van der Waals surface area contributed by atoms with Crippen molar-refractivity contribution in [3.05, 3.63) is 34.6 Å².